The fourth-order valence-corrected chi connectivity index (χ4v) is 2.08. The minimum atomic E-state index is -0.223. The van der Waals surface area contributed by atoms with Crippen molar-refractivity contribution in [3.05, 3.63) is 58.6 Å². The molecule has 2 aromatic rings. The van der Waals surface area contributed by atoms with Crippen LogP contribution < -0.4 is 10.6 Å². The van der Waals surface area contributed by atoms with Crippen molar-refractivity contribution in [3.63, 3.8) is 0 Å². The van der Waals surface area contributed by atoms with E-state index < -0.39 is 0 Å². The van der Waals surface area contributed by atoms with E-state index in [0.29, 0.717) is 22.0 Å². The van der Waals surface area contributed by atoms with Crippen molar-refractivity contribution in [1.29, 1.82) is 0 Å². The molecule has 0 aromatic heterocycles. The zero-order valence-electron chi connectivity index (χ0n) is 11.7. The van der Waals surface area contributed by atoms with Crippen LogP contribution >= 0.6 is 11.6 Å². The Hall–Kier alpha value is -2.33. The molecular weight excluding hydrogens is 288 g/mol. The zero-order chi connectivity index (χ0) is 15.4. The highest BCUT2D eigenvalue weighted by molar-refractivity contribution is 6.33. The number of carbonyl (C=O) groups excluding carboxylic acids is 2. The summed E-state index contributed by atoms with van der Waals surface area (Å²) in [5.74, 6) is -0.427. The van der Waals surface area contributed by atoms with Gasteiger partial charge in [0.25, 0.3) is 5.91 Å². The van der Waals surface area contributed by atoms with Crippen LogP contribution in [0.3, 0.4) is 0 Å². The molecule has 0 saturated heterocycles. The predicted octanol–water partition coefficient (Wildman–Crippen LogP) is 3.86. The van der Waals surface area contributed by atoms with Gasteiger partial charge in [0.15, 0.2) is 0 Å². The second kappa shape index (κ2) is 6.41. The maximum absolute atomic E-state index is 12.2. The molecule has 0 spiro atoms. The SMILES string of the molecule is CC(=O)Nc1cc(NC(=O)c2ccccc2C)ccc1Cl. The number of carbonyl (C=O) groups is 2. The van der Waals surface area contributed by atoms with Gasteiger partial charge in [-0.2, -0.15) is 0 Å². The van der Waals surface area contributed by atoms with E-state index in [4.69, 9.17) is 11.6 Å². The monoisotopic (exact) mass is 302 g/mol. The van der Waals surface area contributed by atoms with Crippen molar-refractivity contribution in [2.75, 3.05) is 10.6 Å². The van der Waals surface area contributed by atoms with Crippen molar-refractivity contribution < 1.29 is 9.59 Å². The third-order valence-electron chi connectivity index (χ3n) is 2.92. The van der Waals surface area contributed by atoms with Crippen LogP contribution in [0.4, 0.5) is 11.4 Å². The average Bonchev–Trinajstić information content (AvgIpc) is 2.42. The summed E-state index contributed by atoms with van der Waals surface area (Å²) in [6.07, 6.45) is 0. The molecule has 0 atom stereocenters. The molecule has 2 aromatic carbocycles. The van der Waals surface area contributed by atoms with Gasteiger partial charge in [-0.05, 0) is 36.8 Å². The Morgan fingerprint density at radius 1 is 1.05 bits per heavy atom. The molecule has 2 amide bonds. The molecule has 21 heavy (non-hydrogen) atoms. The predicted molar refractivity (Wildman–Crippen MR) is 84.9 cm³/mol. The fourth-order valence-electron chi connectivity index (χ4n) is 1.91. The van der Waals surface area contributed by atoms with Gasteiger partial charge in [0.2, 0.25) is 5.91 Å². The molecule has 108 valence electrons. The van der Waals surface area contributed by atoms with Gasteiger partial charge in [-0.25, -0.2) is 0 Å². The molecule has 0 unspecified atom stereocenters. The Labute approximate surface area is 128 Å². The van der Waals surface area contributed by atoms with Gasteiger partial charge in [0.05, 0.1) is 10.7 Å². The molecule has 4 nitrogen and oxygen atoms in total. The Morgan fingerprint density at radius 2 is 1.76 bits per heavy atom. The molecule has 0 heterocycles. The van der Waals surface area contributed by atoms with E-state index in [0.717, 1.165) is 5.56 Å². The lowest BCUT2D eigenvalue weighted by Crippen LogP contribution is -2.14. The number of anilines is 2. The lowest BCUT2D eigenvalue weighted by Gasteiger charge is -2.10. The minimum Gasteiger partial charge on any atom is -0.325 e. The molecule has 0 fully saturated rings. The summed E-state index contributed by atoms with van der Waals surface area (Å²) in [6, 6.07) is 12.3. The van der Waals surface area contributed by atoms with Crippen LogP contribution in [0.25, 0.3) is 0 Å². The topological polar surface area (TPSA) is 58.2 Å². The van der Waals surface area contributed by atoms with Gasteiger partial charge in [0, 0.05) is 18.2 Å². The van der Waals surface area contributed by atoms with E-state index in [1.54, 1.807) is 24.3 Å². The van der Waals surface area contributed by atoms with E-state index in [1.165, 1.54) is 6.92 Å². The van der Waals surface area contributed by atoms with Crippen molar-refractivity contribution >= 4 is 34.8 Å². The van der Waals surface area contributed by atoms with Gasteiger partial charge in [0.1, 0.15) is 0 Å². The number of amides is 2. The summed E-state index contributed by atoms with van der Waals surface area (Å²) >= 11 is 5.99. The van der Waals surface area contributed by atoms with Crippen molar-refractivity contribution in [2.24, 2.45) is 0 Å². The first-order chi connectivity index (χ1) is 9.97. The number of hydrogen-bond acceptors (Lipinski definition) is 2. The summed E-state index contributed by atoms with van der Waals surface area (Å²) in [4.78, 5) is 23.3. The Balaban J connectivity index is 2.22. The summed E-state index contributed by atoms with van der Waals surface area (Å²) in [7, 11) is 0. The lowest BCUT2D eigenvalue weighted by atomic mass is 10.1. The summed E-state index contributed by atoms with van der Waals surface area (Å²) < 4.78 is 0. The molecule has 2 rings (SSSR count). The molecule has 5 heteroatoms. The van der Waals surface area contributed by atoms with E-state index in [-0.39, 0.29) is 11.8 Å². The van der Waals surface area contributed by atoms with E-state index in [2.05, 4.69) is 10.6 Å². The number of rotatable bonds is 3. The van der Waals surface area contributed by atoms with Crippen LogP contribution in [-0.2, 0) is 4.79 Å². The quantitative estimate of drug-likeness (QED) is 0.904. The Bertz CT molecular complexity index is 698. The van der Waals surface area contributed by atoms with Gasteiger partial charge < -0.3 is 10.6 Å². The van der Waals surface area contributed by atoms with Crippen LogP contribution in [0.15, 0.2) is 42.5 Å². The molecular formula is C16H15ClN2O2. The van der Waals surface area contributed by atoms with Crippen LogP contribution in [0.1, 0.15) is 22.8 Å². The lowest BCUT2D eigenvalue weighted by molar-refractivity contribution is -0.114. The third kappa shape index (κ3) is 3.83. The normalized spacial score (nSPS) is 10.0. The molecule has 0 radical (unpaired) electrons. The van der Waals surface area contributed by atoms with Gasteiger partial charge in [-0.1, -0.05) is 29.8 Å². The minimum absolute atomic E-state index is 0.204. The summed E-state index contributed by atoms with van der Waals surface area (Å²) in [5, 5.41) is 5.82. The van der Waals surface area contributed by atoms with E-state index >= 15 is 0 Å². The molecule has 0 saturated carbocycles. The maximum Gasteiger partial charge on any atom is 0.255 e. The fraction of sp³-hybridized carbons (Fsp3) is 0.125. The van der Waals surface area contributed by atoms with Crippen LogP contribution in [-0.4, -0.2) is 11.8 Å². The second-order valence-electron chi connectivity index (χ2n) is 4.64. The number of halogens is 1. The number of benzene rings is 2. The van der Waals surface area contributed by atoms with Crippen LogP contribution in [0.2, 0.25) is 5.02 Å². The number of hydrogen-bond donors (Lipinski definition) is 2. The highest BCUT2D eigenvalue weighted by Gasteiger charge is 2.10. The summed E-state index contributed by atoms with van der Waals surface area (Å²) in [6.45, 7) is 3.27. The Morgan fingerprint density at radius 3 is 2.43 bits per heavy atom. The third-order valence-corrected chi connectivity index (χ3v) is 3.25. The van der Waals surface area contributed by atoms with Gasteiger partial charge in [-0.15, -0.1) is 0 Å². The molecule has 2 N–H and O–H groups in total. The smallest absolute Gasteiger partial charge is 0.255 e. The largest absolute Gasteiger partial charge is 0.325 e. The molecule has 0 aliphatic rings. The Kier molecular flexibility index (Phi) is 4.60. The highest BCUT2D eigenvalue weighted by atomic mass is 35.5. The first-order valence-corrected chi connectivity index (χ1v) is 6.79. The number of nitrogens with one attached hydrogen (secondary N) is 2. The highest BCUT2D eigenvalue weighted by Crippen LogP contribution is 2.26. The first kappa shape index (κ1) is 15.1. The van der Waals surface area contributed by atoms with E-state index in [1.807, 2.05) is 25.1 Å². The van der Waals surface area contributed by atoms with Gasteiger partial charge >= 0.3 is 0 Å². The standard InChI is InChI=1S/C16H15ClN2O2/c1-10-5-3-4-6-13(10)16(21)19-12-7-8-14(17)15(9-12)18-11(2)20/h3-9H,1-2H3,(H,18,20)(H,19,21). The van der Waals surface area contributed by atoms with Gasteiger partial charge in [-0.3, -0.25) is 9.59 Å². The number of aryl methyl sites for hydroxylation is 1. The summed E-state index contributed by atoms with van der Waals surface area (Å²) in [5.41, 5.74) is 2.53. The van der Waals surface area contributed by atoms with Crippen molar-refractivity contribution in [1.82, 2.24) is 0 Å². The maximum atomic E-state index is 12.2. The molecule has 0 bridgehead atoms. The van der Waals surface area contributed by atoms with E-state index in [9.17, 15) is 9.59 Å². The van der Waals surface area contributed by atoms with Crippen molar-refractivity contribution in [3.8, 4) is 0 Å². The first-order valence-electron chi connectivity index (χ1n) is 6.41. The zero-order valence-corrected chi connectivity index (χ0v) is 12.5. The molecule has 0 aliphatic carbocycles. The van der Waals surface area contributed by atoms with Crippen molar-refractivity contribution in [2.45, 2.75) is 13.8 Å². The second-order valence-corrected chi connectivity index (χ2v) is 5.05. The average molecular weight is 303 g/mol. The van der Waals surface area contributed by atoms with Crippen LogP contribution in [0, 0.1) is 6.92 Å². The molecule has 0 aliphatic heterocycles. The van der Waals surface area contributed by atoms with Crippen LogP contribution in [0.5, 0.6) is 0 Å².